The van der Waals surface area contributed by atoms with Crippen molar-refractivity contribution in [2.75, 3.05) is 0 Å². The van der Waals surface area contributed by atoms with Gasteiger partial charge in [0.2, 0.25) is 0 Å². The molecule has 98 valence electrons. The summed E-state index contributed by atoms with van der Waals surface area (Å²) in [7, 11) is 0. The third kappa shape index (κ3) is 5.74. The predicted molar refractivity (Wildman–Crippen MR) is 83.8 cm³/mol. The lowest BCUT2D eigenvalue weighted by Gasteiger charge is -2.01. The summed E-state index contributed by atoms with van der Waals surface area (Å²) in [5.74, 6) is 6.55. The second-order valence-corrected chi connectivity index (χ2v) is 5.48. The molecule has 1 aromatic rings. The van der Waals surface area contributed by atoms with Gasteiger partial charge in [-0.05, 0) is 36.6 Å². The zero-order valence-electron chi connectivity index (χ0n) is 11.6. The Balaban J connectivity index is 2.38. The van der Waals surface area contributed by atoms with Crippen molar-refractivity contribution in [2.45, 2.75) is 58.8 Å². The first-order valence-corrected chi connectivity index (χ1v) is 7.84. The number of rotatable bonds is 6. The third-order valence-electron chi connectivity index (χ3n) is 3.06. The molecular weight excluding hydrogens is 284 g/mol. The largest absolute Gasteiger partial charge is 0.0979 e. The minimum atomic E-state index is 1.03. The Morgan fingerprint density at radius 1 is 1.06 bits per heavy atom. The van der Waals surface area contributed by atoms with Crippen LogP contribution in [0.15, 0.2) is 22.7 Å². The van der Waals surface area contributed by atoms with Crippen LogP contribution in [0.5, 0.6) is 0 Å². The molecule has 0 N–H and O–H groups in total. The molecule has 18 heavy (non-hydrogen) atoms. The highest BCUT2D eigenvalue weighted by molar-refractivity contribution is 9.10. The van der Waals surface area contributed by atoms with Crippen molar-refractivity contribution in [3.05, 3.63) is 33.8 Å². The zero-order valence-corrected chi connectivity index (χ0v) is 13.1. The Labute approximate surface area is 120 Å². The molecule has 0 radical (unpaired) electrons. The van der Waals surface area contributed by atoms with Crippen LogP contribution in [0.2, 0.25) is 0 Å². The Morgan fingerprint density at radius 3 is 2.56 bits per heavy atom. The summed E-state index contributed by atoms with van der Waals surface area (Å²) < 4.78 is 1.19. The van der Waals surface area contributed by atoms with E-state index in [9.17, 15) is 0 Å². The molecule has 1 rings (SSSR count). The average Bonchev–Trinajstić information content (AvgIpc) is 2.39. The lowest BCUT2D eigenvalue weighted by molar-refractivity contribution is 0.641. The Morgan fingerprint density at radius 2 is 1.83 bits per heavy atom. The second-order valence-electron chi connectivity index (χ2n) is 4.63. The number of hydrogen-bond acceptors (Lipinski definition) is 0. The smallest absolute Gasteiger partial charge is 0.0248 e. The van der Waals surface area contributed by atoms with Crippen molar-refractivity contribution in [1.82, 2.24) is 0 Å². The Bertz CT molecular complexity index is 409. The quantitative estimate of drug-likeness (QED) is 0.465. The van der Waals surface area contributed by atoms with Crippen molar-refractivity contribution in [3.63, 3.8) is 0 Å². The van der Waals surface area contributed by atoms with E-state index in [1.54, 1.807) is 0 Å². The van der Waals surface area contributed by atoms with Crippen LogP contribution in [0.25, 0.3) is 0 Å². The van der Waals surface area contributed by atoms with Crippen LogP contribution in [0.4, 0.5) is 0 Å². The van der Waals surface area contributed by atoms with Crippen molar-refractivity contribution in [1.29, 1.82) is 0 Å². The van der Waals surface area contributed by atoms with Gasteiger partial charge in [-0.2, -0.15) is 0 Å². The summed E-state index contributed by atoms with van der Waals surface area (Å²) >= 11 is 3.56. The SMILES string of the molecule is CCCCCCCC#Cc1ccc(Br)c(CC)c1. The van der Waals surface area contributed by atoms with Crippen LogP contribution in [0, 0.1) is 11.8 Å². The fourth-order valence-electron chi connectivity index (χ4n) is 1.90. The normalized spacial score (nSPS) is 9.94. The Kier molecular flexibility index (Phi) is 7.85. The van der Waals surface area contributed by atoms with Crippen molar-refractivity contribution >= 4 is 15.9 Å². The molecule has 0 bridgehead atoms. The van der Waals surface area contributed by atoms with Gasteiger partial charge in [0.1, 0.15) is 0 Å². The number of hydrogen-bond donors (Lipinski definition) is 0. The Hall–Kier alpha value is -0.740. The molecule has 0 saturated heterocycles. The summed E-state index contributed by atoms with van der Waals surface area (Å²) in [5, 5.41) is 0. The molecule has 0 atom stereocenters. The number of aryl methyl sites for hydroxylation is 1. The first-order chi connectivity index (χ1) is 8.77. The van der Waals surface area contributed by atoms with E-state index in [1.165, 1.54) is 42.1 Å². The molecule has 0 spiro atoms. The predicted octanol–water partition coefficient (Wildman–Crippen LogP) is 5.72. The van der Waals surface area contributed by atoms with Crippen LogP contribution >= 0.6 is 15.9 Å². The molecule has 0 aliphatic rings. The highest BCUT2D eigenvalue weighted by Gasteiger charge is 1.97. The van der Waals surface area contributed by atoms with Crippen molar-refractivity contribution in [3.8, 4) is 11.8 Å². The lowest BCUT2D eigenvalue weighted by atomic mass is 10.1. The van der Waals surface area contributed by atoms with Crippen LogP contribution < -0.4 is 0 Å². The fourth-order valence-corrected chi connectivity index (χ4v) is 2.43. The number of unbranched alkanes of at least 4 members (excludes halogenated alkanes) is 5. The topological polar surface area (TPSA) is 0 Å². The minimum absolute atomic E-state index is 1.03. The highest BCUT2D eigenvalue weighted by Crippen LogP contribution is 2.18. The van der Waals surface area contributed by atoms with Gasteiger partial charge in [0.15, 0.2) is 0 Å². The standard InChI is InChI=1S/C17H23Br/c1-3-5-6-7-8-9-10-11-15-12-13-17(18)16(4-2)14-15/h12-14H,3-9H2,1-2H3. The third-order valence-corrected chi connectivity index (χ3v) is 3.84. The monoisotopic (exact) mass is 306 g/mol. The van der Waals surface area contributed by atoms with E-state index in [0.717, 1.165) is 18.4 Å². The van der Waals surface area contributed by atoms with E-state index >= 15 is 0 Å². The minimum Gasteiger partial charge on any atom is -0.0979 e. The molecular formula is C17H23Br. The number of benzene rings is 1. The van der Waals surface area contributed by atoms with E-state index in [0.29, 0.717) is 0 Å². The van der Waals surface area contributed by atoms with Gasteiger partial charge in [-0.25, -0.2) is 0 Å². The average molecular weight is 307 g/mol. The van der Waals surface area contributed by atoms with E-state index in [1.807, 2.05) is 0 Å². The molecule has 0 aromatic heterocycles. The van der Waals surface area contributed by atoms with Gasteiger partial charge in [0.05, 0.1) is 0 Å². The summed E-state index contributed by atoms with van der Waals surface area (Å²) in [6, 6.07) is 6.38. The maximum atomic E-state index is 3.56. The van der Waals surface area contributed by atoms with Gasteiger partial charge >= 0.3 is 0 Å². The molecule has 0 amide bonds. The molecule has 1 aromatic carbocycles. The van der Waals surface area contributed by atoms with E-state index in [-0.39, 0.29) is 0 Å². The van der Waals surface area contributed by atoms with Gasteiger partial charge in [-0.3, -0.25) is 0 Å². The van der Waals surface area contributed by atoms with Crippen molar-refractivity contribution in [2.24, 2.45) is 0 Å². The van der Waals surface area contributed by atoms with E-state index < -0.39 is 0 Å². The molecule has 1 heteroatoms. The zero-order chi connectivity index (χ0) is 13.2. The number of halogens is 1. The van der Waals surface area contributed by atoms with Gasteiger partial charge in [-0.15, -0.1) is 0 Å². The first kappa shape index (κ1) is 15.3. The molecule has 0 nitrogen and oxygen atoms in total. The van der Waals surface area contributed by atoms with Gasteiger partial charge in [0, 0.05) is 16.5 Å². The summed E-state index contributed by atoms with van der Waals surface area (Å²) in [6.07, 6.45) is 8.67. The maximum absolute atomic E-state index is 3.56. The maximum Gasteiger partial charge on any atom is 0.0248 e. The summed E-state index contributed by atoms with van der Waals surface area (Å²) in [6.45, 7) is 4.42. The molecule has 0 saturated carbocycles. The molecule has 0 fully saturated rings. The van der Waals surface area contributed by atoms with E-state index in [2.05, 4.69) is 59.8 Å². The van der Waals surface area contributed by atoms with Crippen LogP contribution in [-0.2, 0) is 6.42 Å². The van der Waals surface area contributed by atoms with E-state index in [4.69, 9.17) is 0 Å². The molecule has 0 aliphatic heterocycles. The van der Waals surface area contributed by atoms with Gasteiger partial charge in [0.25, 0.3) is 0 Å². The molecule has 0 heterocycles. The van der Waals surface area contributed by atoms with Crippen LogP contribution in [0.3, 0.4) is 0 Å². The fraction of sp³-hybridized carbons (Fsp3) is 0.529. The van der Waals surface area contributed by atoms with Crippen molar-refractivity contribution < 1.29 is 0 Å². The second kappa shape index (κ2) is 9.22. The summed E-state index contributed by atoms with van der Waals surface area (Å²) in [4.78, 5) is 0. The molecule has 0 aliphatic carbocycles. The van der Waals surface area contributed by atoms with Gasteiger partial charge < -0.3 is 0 Å². The first-order valence-electron chi connectivity index (χ1n) is 7.05. The van der Waals surface area contributed by atoms with Crippen LogP contribution in [-0.4, -0.2) is 0 Å². The summed E-state index contributed by atoms with van der Waals surface area (Å²) in [5.41, 5.74) is 2.48. The van der Waals surface area contributed by atoms with Crippen LogP contribution in [0.1, 0.15) is 63.5 Å². The van der Waals surface area contributed by atoms with Gasteiger partial charge in [-0.1, -0.05) is 67.3 Å². The lowest BCUT2D eigenvalue weighted by Crippen LogP contribution is -1.84. The molecule has 0 unspecified atom stereocenters. The highest BCUT2D eigenvalue weighted by atomic mass is 79.9.